The van der Waals surface area contributed by atoms with Crippen molar-refractivity contribution in [1.29, 1.82) is 0 Å². The SMILES string of the molecule is C.CN(C)CC(=O)Nc1ccc(Cc2ccc(OC(F)F)c(-c3cccc(Cl)c3)c2)cn1.CN(C)CC(=O)O.Cl.Cl.Nc1ccc(Cc2ccc(OC(F)F)c(-c3cccc(Cl)c3)c2)cn1. The number of nitrogens with two attached hydrogens (primary N) is 1. The largest absolute Gasteiger partial charge is 0.480 e. The molecule has 4 aromatic carbocycles. The highest BCUT2D eigenvalue weighted by molar-refractivity contribution is 6.31. The van der Waals surface area contributed by atoms with Crippen LogP contribution in [0.1, 0.15) is 29.7 Å². The molecule has 0 aliphatic carbocycles. The van der Waals surface area contributed by atoms with Gasteiger partial charge < -0.3 is 30.5 Å². The van der Waals surface area contributed by atoms with Crippen LogP contribution >= 0.6 is 48.0 Å². The predicted molar refractivity (Wildman–Crippen MR) is 260 cm³/mol. The molecule has 0 saturated heterocycles. The van der Waals surface area contributed by atoms with Gasteiger partial charge in [0, 0.05) is 33.6 Å². The minimum absolute atomic E-state index is 0. The van der Waals surface area contributed by atoms with Crippen molar-refractivity contribution in [3.63, 3.8) is 0 Å². The fraction of sp³-hybridized carbons (Fsp3) is 0.234. The average Bonchev–Trinajstić information content (AvgIpc) is 3.20. The summed E-state index contributed by atoms with van der Waals surface area (Å²) in [6.07, 6.45) is 4.49. The molecule has 11 nitrogen and oxygen atoms in total. The first-order valence-electron chi connectivity index (χ1n) is 19.1. The van der Waals surface area contributed by atoms with Crippen LogP contribution in [0, 0.1) is 0 Å². The van der Waals surface area contributed by atoms with Gasteiger partial charge in [0.1, 0.15) is 23.1 Å². The van der Waals surface area contributed by atoms with Gasteiger partial charge in [-0.3, -0.25) is 14.5 Å². The molecule has 0 radical (unpaired) electrons. The smallest absolute Gasteiger partial charge is 0.387 e. The second-order valence-electron chi connectivity index (χ2n) is 14.4. The maximum atomic E-state index is 12.9. The monoisotopic (exact) mass is 996 g/mol. The van der Waals surface area contributed by atoms with Crippen molar-refractivity contribution >= 4 is 71.5 Å². The summed E-state index contributed by atoms with van der Waals surface area (Å²) in [7, 11) is 7.05. The fourth-order valence-electron chi connectivity index (χ4n) is 5.89. The summed E-state index contributed by atoms with van der Waals surface area (Å²) in [6.45, 7) is -5.45. The van der Waals surface area contributed by atoms with E-state index < -0.39 is 19.2 Å². The molecule has 0 aliphatic rings. The number of halogens is 8. The molecule has 0 atom stereocenters. The number of hydrogen-bond acceptors (Lipinski definition) is 9. The number of nitrogens with zero attached hydrogens (tertiary/aromatic N) is 4. The lowest BCUT2D eigenvalue weighted by Crippen LogP contribution is -2.27. The number of aromatic nitrogens is 2. The Balaban J connectivity index is 0.000000562. The number of amides is 1. The summed E-state index contributed by atoms with van der Waals surface area (Å²) in [5, 5.41) is 11.8. The summed E-state index contributed by atoms with van der Waals surface area (Å²) in [5.74, 6) is 0.172. The number of hydrogen-bond donors (Lipinski definition) is 3. The first-order chi connectivity index (χ1) is 29.9. The first kappa shape index (κ1) is 58.3. The number of carboxylic acid groups (broad SMARTS) is 1. The van der Waals surface area contributed by atoms with Gasteiger partial charge in [-0.05, 0) is 135 Å². The van der Waals surface area contributed by atoms with Crippen LogP contribution in [0.15, 0.2) is 122 Å². The zero-order chi connectivity index (χ0) is 46.1. The molecule has 2 aromatic heterocycles. The highest BCUT2D eigenvalue weighted by Crippen LogP contribution is 2.35. The summed E-state index contributed by atoms with van der Waals surface area (Å²) in [4.78, 5) is 33.3. The van der Waals surface area contributed by atoms with Gasteiger partial charge in [-0.1, -0.05) is 79.2 Å². The minimum atomic E-state index is -2.93. The number of rotatable bonds is 15. The highest BCUT2D eigenvalue weighted by atomic mass is 35.5. The number of likely N-dealkylation sites (N-methyl/N-ethyl adjacent to an activating group) is 2. The second-order valence-corrected chi connectivity index (χ2v) is 15.2. The Labute approximate surface area is 404 Å². The van der Waals surface area contributed by atoms with E-state index in [4.69, 9.17) is 38.8 Å². The van der Waals surface area contributed by atoms with Gasteiger partial charge in [-0.2, -0.15) is 17.6 Å². The van der Waals surface area contributed by atoms with E-state index in [1.807, 2.05) is 32.3 Å². The third-order valence-electron chi connectivity index (χ3n) is 8.46. The topological polar surface area (TPSA) is 143 Å². The van der Waals surface area contributed by atoms with Crippen molar-refractivity contribution in [3.05, 3.63) is 154 Å². The van der Waals surface area contributed by atoms with E-state index >= 15 is 0 Å². The van der Waals surface area contributed by atoms with Crippen molar-refractivity contribution in [2.45, 2.75) is 33.5 Å². The molecular formula is C47H52Cl4F4N6O5. The Kier molecular flexibility index (Phi) is 25.7. The molecule has 66 heavy (non-hydrogen) atoms. The van der Waals surface area contributed by atoms with E-state index in [-0.39, 0.29) is 62.7 Å². The standard InChI is InChI=1S/C23H22ClF2N3O2.C19H15ClF2N2O.C4H9NO2.CH4.2ClH/c1-29(2)14-22(30)28-21-9-7-16(13-27-21)10-15-6-8-20(31-23(25)26)19(11-15)17-4-3-5-18(24)12-17;20-15-3-1-2-14(10-15)16-9-12(4-6-17(16)25-19(21)22)8-13-5-7-18(23)24-11-13;1-5(2)3-4(6)7;;;/h3-9,11-13,23H,10,14H2,1-2H3,(H,27,28,30);1-7,9-11,19H,8H2,(H2,23,24);3H2,1-2H3,(H,6,7);1H4;2*1H. The molecule has 1 amide bonds. The van der Waals surface area contributed by atoms with Crippen LogP contribution in [0.4, 0.5) is 29.2 Å². The molecule has 0 saturated carbocycles. The minimum Gasteiger partial charge on any atom is -0.480 e. The van der Waals surface area contributed by atoms with Gasteiger partial charge in [-0.25, -0.2) is 9.97 Å². The van der Waals surface area contributed by atoms with Crippen LogP contribution in [-0.4, -0.2) is 91.3 Å². The van der Waals surface area contributed by atoms with Crippen molar-refractivity contribution in [1.82, 2.24) is 19.8 Å². The van der Waals surface area contributed by atoms with Gasteiger partial charge in [0.05, 0.1) is 13.1 Å². The molecule has 4 N–H and O–H groups in total. The maximum absolute atomic E-state index is 12.9. The summed E-state index contributed by atoms with van der Waals surface area (Å²) in [5.41, 5.74) is 11.8. The summed E-state index contributed by atoms with van der Waals surface area (Å²) < 4.78 is 60.5. The van der Waals surface area contributed by atoms with E-state index in [1.165, 1.54) is 6.07 Å². The van der Waals surface area contributed by atoms with Crippen LogP contribution < -0.4 is 20.5 Å². The van der Waals surface area contributed by atoms with E-state index in [0.29, 0.717) is 56.8 Å². The third-order valence-corrected chi connectivity index (χ3v) is 8.93. The van der Waals surface area contributed by atoms with Crippen molar-refractivity contribution in [2.75, 3.05) is 52.3 Å². The van der Waals surface area contributed by atoms with Crippen molar-refractivity contribution in [3.8, 4) is 33.8 Å². The summed E-state index contributed by atoms with van der Waals surface area (Å²) >= 11 is 12.1. The molecular weight excluding hydrogens is 946 g/mol. The van der Waals surface area contributed by atoms with Gasteiger partial charge in [0.15, 0.2) is 0 Å². The number of carbonyl (C=O) groups is 2. The average molecular weight is 999 g/mol. The normalized spacial score (nSPS) is 10.3. The van der Waals surface area contributed by atoms with E-state index in [1.54, 1.807) is 121 Å². The predicted octanol–water partition coefficient (Wildman–Crippen LogP) is 11.4. The molecule has 0 unspecified atom stereocenters. The molecule has 6 rings (SSSR count). The molecule has 19 heteroatoms. The number of pyridine rings is 2. The van der Waals surface area contributed by atoms with Gasteiger partial charge in [-0.15, -0.1) is 24.8 Å². The number of carboxylic acids is 1. The van der Waals surface area contributed by atoms with Crippen LogP contribution in [0.25, 0.3) is 22.3 Å². The number of anilines is 2. The molecule has 0 spiro atoms. The van der Waals surface area contributed by atoms with Crippen LogP contribution in [0.2, 0.25) is 10.0 Å². The fourth-order valence-corrected chi connectivity index (χ4v) is 6.27. The van der Waals surface area contributed by atoms with Crippen LogP contribution in [0.3, 0.4) is 0 Å². The number of alkyl halides is 4. The Morgan fingerprint density at radius 1 is 0.652 bits per heavy atom. The van der Waals surface area contributed by atoms with E-state index in [2.05, 4.69) is 20.0 Å². The molecule has 6 aromatic rings. The molecule has 0 bridgehead atoms. The Bertz CT molecular complexity index is 2420. The Morgan fingerprint density at radius 2 is 1.09 bits per heavy atom. The lowest BCUT2D eigenvalue weighted by atomic mass is 9.99. The van der Waals surface area contributed by atoms with Crippen LogP contribution in [0.5, 0.6) is 11.5 Å². The van der Waals surface area contributed by atoms with Crippen LogP contribution in [-0.2, 0) is 22.4 Å². The zero-order valence-electron chi connectivity index (χ0n) is 35.6. The number of aliphatic carboxylic acids is 1. The zero-order valence-corrected chi connectivity index (χ0v) is 38.7. The molecule has 356 valence electrons. The maximum Gasteiger partial charge on any atom is 0.387 e. The number of nitrogens with one attached hydrogen (secondary N) is 1. The van der Waals surface area contributed by atoms with E-state index in [9.17, 15) is 27.2 Å². The van der Waals surface area contributed by atoms with Gasteiger partial charge >= 0.3 is 19.2 Å². The molecule has 0 fully saturated rings. The van der Waals surface area contributed by atoms with Crippen molar-refractivity contribution < 1.29 is 41.7 Å². The van der Waals surface area contributed by atoms with Gasteiger partial charge in [0.25, 0.3) is 0 Å². The first-order valence-corrected chi connectivity index (χ1v) is 19.8. The lowest BCUT2D eigenvalue weighted by molar-refractivity contribution is -0.137. The summed E-state index contributed by atoms with van der Waals surface area (Å²) in [6, 6.07) is 31.3. The quantitative estimate of drug-likeness (QED) is 0.0851. The Morgan fingerprint density at radius 3 is 1.44 bits per heavy atom. The third kappa shape index (κ3) is 20.7. The number of nitrogen functional groups attached to an aromatic ring is 1. The van der Waals surface area contributed by atoms with E-state index in [0.717, 1.165) is 22.3 Å². The number of carbonyl (C=O) groups excluding carboxylic acids is 1. The second kappa shape index (κ2) is 29.1. The molecule has 0 aliphatic heterocycles. The van der Waals surface area contributed by atoms with Gasteiger partial charge in [0.2, 0.25) is 5.91 Å². The number of ether oxygens (including phenoxy) is 2. The highest BCUT2D eigenvalue weighted by Gasteiger charge is 2.15. The Hall–Kier alpha value is -5.68. The number of benzene rings is 4. The molecule has 2 heterocycles. The lowest BCUT2D eigenvalue weighted by Gasteiger charge is -2.13. The van der Waals surface area contributed by atoms with Crippen molar-refractivity contribution in [2.24, 2.45) is 0 Å².